The normalized spacial score (nSPS) is 8.12. The van der Waals surface area contributed by atoms with Gasteiger partial charge in [0.2, 0.25) is 0 Å². The molecule has 17 heavy (non-hydrogen) atoms. The first-order valence-corrected chi connectivity index (χ1v) is 4.52. The van der Waals surface area contributed by atoms with E-state index in [0.717, 1.165) is 0 Å². The van der Waals surface area contributed by atoms with E-state index in [0.29, 0.717) is 11.5 Å². The van der Waals surface area contributed by atoms with Crippen molar-refractivity contribution in [3.8, 4) is 11.5 Å². The molecular weight excluding hydrogens is 289 g/mol. The second kappa shape index (κ2) is 10.3. The first kappa shape index (κ1) is 16.1. The third kappa shape index (κ3) is 7.14. The van der Waals surface area contributed by atoms with Crippen LogP contribution in [0, 0.1) is 26.4 Å². The Hall–Kier alpha value is -0.856. The molecule has 2 rings (SSSR count). The second-order valence-corrected chi connectivity index (χ2v) is 2.71. The molecule has 2 aromatic carbocycles. The minimum absolute atomic E-state index is 0. The quantitative estimate of drug-likeness (QED) is 0.794. The summed E-state index contributed by atoms with van der Waals surface area (Å²) in [6.45, 7) is 0. The number of ether oxygens (including phenoxy) is 2. The van der Waals surface area contributed by atoms with E-state index in [-0.39, 0.29) is 32.7 Å². The topological polar surface area (TPSA) is 18.5 Å². The van der Waals surface area contributed by atoms with Gasteiger partial charge in [0.15, 0.2) is 14.2 Å². The third-order valence-corrected chi connectivity index (χ3v) is 1.65. The molecule has 0 aromatic heterocycles. The molecule has 0 N–H and O–H groups in total. The van der Waals surface area contributed by atoms with Gasteiger partial charge in [-0.15, -0.1) is 24.3 Å². The molecule has 2 aromatic rings. The molecule has 0 unspecified atom stereocenters. The van der Waals surface area contributed by atoms with Crippen LogP contribution in [0.2, 0.25) is 0 Å². The Kier molecular flexibility index (Phi) is 9.79. The Bertz CT molecular complexity index is 336. The Morgan fingerprint density at radius 2 is 1.00 bits per heavy atom. The SMILES string of the molecule is [CH]Oc1cc[c-]cc1.[CH]Oc1cc[c-]cc1.[Y]. The second-order valence-electron chi connectivity index (χ2n) is 2.71. The van der Waals surface area contributed by atoms with Gasteiger partial charge in [0.25, 0.3) is 0 Å². The van der Waals surface area contributed by atoms with Gasteiger partial charge in [-0.2, -0.15) is 36.4 Å². The van der Waals surface area contributed by atoms with Gasteiger partial charge < -0.3 is 9.47 Å². The van der Waals surface area contributed by atoms with Crippen molar-refractivity contribution >= 4 is 0 Å². The third-order valence-electron chi connectivity index (χ3n) is 1.65. The summed E-state index contributed by atoms with van der Waals surface area (Å²) in [4.78, 5) is 0. The van der Waals surface area contributed by atoms with E-state index in [2.05, 4.69) is 21.6 Å². The van der Waals surface area contributed by atoms with Gasteiger partial charge >= 0.3 is 0 Å². The van der Waals surface area contributed by atoms with Crippen molar-refractivity contribution in [1.82, 2.24) is 0 Å². The number of hydrogen-bond donors (Lipinski definition) is 0. The van der Waals surface area contributed by atoms with Crippen LogP contribution < -0.4 is 9.47 Å². The molecule has 0 spiro atoms. The van der Waals surface area contributed by atoms with E-state index in [1.807, 2.05) is 0 Å². The molecule has 0 saturated carbocycles. The largest absolute Gasteiger partial charge is 0.508 e. The maximum Gasteiger partial charge on any atom is 0.176 e. The fourth-order valence-electron chi connectivity index (χ4n) is 0.900. The molecule has 0 amide bonds. The van der Waals surface area contributed by atoms with Gasteiger partial charge in [-0.1, -0.05) is 0 Å². The van der Waals surface area contributed by atoms with E-state index in [1.165, 1.54) is 0 Å². The molecule has 83 valence electrons. The Labute approximate surface area is 128 Å². The molecule has 0 fully saturated rings. The van der Waals surface area contributed by atoms with Crippen LogP contribution in [0.3, 0.4) is 0 Å². The molecule has 3 heteroatoms. The van der Waals surface area contributed by atoms with E-state index in [1.54, 1.807) is 48.5 Å². The Morgan fingerprint density at radius 3 is 1.18 bits per heavy atom. The van der Waals surface area contributed by atoms with Crippen LogP contribution in [-0.4, -0.2) is 0 Å². The van der Waals surface area contributed by atoms with Crippen LogP contribution in [0.15, 0.2) is 48.5 Å². The number of hydrogen-bond acceptors (Lipinski definition) is 2. The van der Waals surface area contributed by atoms with Gasteiger partial charge in [0.1, 0.15) is 0 Å². The summed E-state index contributed by atoms with van der Waals surface area (Å²) in [7, 11) is 9.67. The number of benzene rings is 2. The average molecular weight is 299 g/mol. The molecule has 0 atom stereocenters. The predicted molar refractivity (Wildman–Crippen MR) is 60.4 cm³/mol. The molecule has 0 saturated heterocycles. The van der Waals surface area contributed by atoms with Crippen molar-refractivity contribution in [3.05, 3.63) is 74.9 Å². The summed E-state index contributed by atoms with van der Waals surface area (Å²) in [6.07, 6.45) is 0. The average Bonchev–Trinajstić information content (AvgIpc) is 2.41. The van der Waals surface area contributed by atoms with E-state index in [9.17, 15) is 0 Å². The van der Waals surface area contributed by atoms with Crippen LogP contribution in [0.4, 0.5) is 0 Å². The molecule has 0 bridgehead atoms. The molecular formula is C14H10O2Y-2. The van der Waals surface area contributed by atoms with Crippen molar-refractivity contribution < 1.29 is 42.2 Å². The van der Waals surface area contributed by atoms with Gasteiger partial charge in [0.05, 0.1) is 0 Å². The summed E-state index contributed by atoms with van der Waals surface area (Å²) < 4.78 is 8.79. The van der Waals surface area contributed by atoms with Crippen molar-refractivity contribution in [2.45, 2.75) is 0 Å². The van der Waals surface area contributed by atoms with Crippen LogP contribution in [0.1, 0.15) is 0 Å². The summed E-state index contributed by atoms with van der Waals surface area (Å²) in [5.41, 5.74) is 0. The zero-order valence-electron chi connectivity index (χ0n) is 9.17. The predicted octanol–water partition coefficient (Wildman–Crippen LogP) is 3.07. The molecule has 0 aliphatic rings. The first-order valence-electron chi connectivity index (χ1n) is 4.52. The smallest absolute Gasteiger partial charge is 0.176 e. The van der Waals surface area contributed by atoms with Crippen LogP contribution in [0.25, 0.3) is 0 Å². The first-order chi connectivity index (χ1) is 7.86. The molecule has 5 radical (unpaired) electrons. The number of rotatable bonds is 2. The molecule has 0 heterocycles. The molecule has 0 aliphatic heterocycles. The minimum atomic E-state index is 0. The van der Waals surface area contributed by atoms with Gasteiger partial charge in [-0.3, -0.25) is 0 Å². The zero-order valence-corrected chi connectivity index (χ0v) is 12.0. The minimum Gasteiger partial charge on any atom is -0.508 e. The van der Waals surface area contributed by atoms with Crippen molar-refractivity contribution in [2.75, 3.05) is 0 Å². The van der Waals surface area contributed by atoms with Gasteiger partial charge in [-0.05, 0) is 0 Å². The van der Waals surface area contributed by atoms with Gasteiger partial charge in [-0.25, -0.2) is 0 Å². The molecule has 2 nitrogen and oxygen atoms in total. The monoisotopic (exact) mass is 299 g/mol. The maximum atomic E-state index is 4.84. The molecule has 0 aliphatic carbocycles. The van der Waals surface area contributed by atoms with Crippen molar-refractivity contribution in [2.24, 2.45) is 0 Å². The van der Waals surface area contributed by atoms with E-state index >= 15 is 0 Å². The Balaban J connectivity index is 0.000000284. The van der Waals surface area contributed by atoms with E-state index < -0.39 is 0 Å². The van der Waals surface area contributed by atoms with Gasteiger partial charge in [0, 0.05) is 44.2 Å². The standard InChI is InChI=1S/2C7H5O.Y/c2*1-8-7-5-3-2-4-6-7;/h2*1,3-6H;/q2*-1;. The fraction of sp³-hybridized carbons (Fsp3) is 0. The zero-order chi connectivity index (χ0) is 11.6. The van der Waals surface area contributed by atoms with E-state index in [4.69, 9.17) is 14.2 Å². The Morgan fingerprint density at radius 1 is 0.706 bits per heavy atom. The van der Waals surface area contributed by atoms with Crippen molar-refractivity contribution in [1.29, 1.82) is 0 Å². The fourth-order valence-corrected chi connectivity index (χ4v) is 0.900. The maximum absolute atomic E-state index is 4.84. The summed E-state index contributed by atoms with van der Waals surface area (Å²) in [6, 6.07) is 19.6. The summed E-state index contributed by atoms with van der Waals surface area (Å²) in [5, 5.41) is 0. The van der Waals surface area contributed by atoms with Crippen LogP contribution >= 0.6 is 0 Å². The van der Waals surface area contributed by atoms with Crippen molar-refractivity contribution in [3.63, 3.8) is 0 Å². The van der Waals surface area contributed by atoms with Crippen LogP contribution in [0.5, 0.6) is 11.5 Å². The summed E-state index contributed by atoms with van der Waals surface area (Å²) >= 11 is 0. The summed E-state index contributed by atoms with van der Waals surface area (Å²) in [5.74, 6) is 1.31. The van der Waals surface area contributed by atoms with Crippen LogP contribution in [-0.2, 0) is 32.7 Å².